The largest absolute Gasteiger partial charge is 0.388 e. The number of aliphatic hydroxyl groups excluding tert-OH is 1. The molecular formula is C14H14Br2N2O. The van der Waals surface area contributed by atoms with Crippen molar-refractivity contribution < 1.29 is 5.11 Å². The Kier molecular flexibility index (Phi) is 5.10. The van der Waals surface area contributed by atoms with Crippen molar-refractivity contribution in [1.29, 1.82) is 0 Å². The van der Waals surface area contributed by atoms with E-state index in [0.29, 0.717) is 6.54 Å². The van der Waals surface area contributed by atoms with Crippen LogP contribution in [0.25, 0.3) is 0 Å². The van der Waals surface area contributed by atoms with E-state index in [4.69, 9.17) is 5.73 Å². The number of hydrogen-bond donors (Lipinski definition) is 2. The monoisotopic (exact) mass is 384 g/mol. The molecular weight excluding hydrogens is 372 g/mol. The second-order valence-electron chi connectivity index (χ2n) is 4.24. The molecule has 2 rings (SSSR count). The lowest BCUT2D eigenvalue weighted by molar-refractivity contribution is 0.146. The molecule has 2 atom stereocenters. The summed E-state index contributed by atoms with van der Waals surface area (Å²) in [5.74, 6) is -0.181. The molecule has 1 aromatic carbocycles. The Morgan fingerprint density at radius 3 is 2.68 bits per heavy atom. The van der Waals surface area contributed by atoms with Crippen LogP contribution in [0, 0.1) is 0 Å². The van der Waals surface area contributed by atoms with Crippen LogP contribution in [-0.2, 0) is 0 Å². The quantitative estimate of drug-likeness (QED) is 0.847. The van der Waals surface area contributed by atoms with Crippen molar-refractivity contribution >= 4 is 31.9 Å². The SMILES string of the molecule is NCC(c1cccnc1)C(O)c1cc(Br)ccc1Br. The molecule has 0 aliphatic carbocycles. The molecule has 5 heteroatoms. The van der Waals surface area contributed by atoms with E-state index >= 15 is 0 Å². The van der Waals surface area contributed by atoms with Gasteiger partial charge in [0, 0.05) is 33.8 Å². The molecule has 0 aliphatic heterocycles. The maximum Gasteiger partial charge on any atom is 0.0882 e. The smallest absolute Gasteiger partial charge is 0.0882 e. The highest BCUT2D eigenvalue weighted by Gasteiger charge is 2.23. The van der Waals surface area contributed by atoms with Crippen LogP contribution in [0.1, 0.15) is 23.1 Å². The van der Waals surface area contributed by atoms with Gasteiger partial charge in [0.25, 0.3) is 0 Å². The summed E-state index contributed by atoms with van der Waals surface area (Å²) in [6.07, 6.45) is 2.77. The predicted octanol–water partition coefficient (Wildman–Crippen LogP) is 3.38. The maximum atomic E-state index is 10.6. The zero-order valence-electron chi connectivity index (χ0n) is 10.1. The molecule has 0 saturated heterocycles. The molecule has 100 valence electrons. The second kappa shape index (κ2) is 6.61. The van der Waals surface area contributed by atoms with Crippen LogP contribution in [-0.4, -0.2) is 16.6 Å². The van der Waals surface area contributed by atoms with Gasteiger partial charge in [-0.2, -0.15) is 0 Å². The molecule has 3 N–H and O–H groups in total. The van der Waals surface area contributed by atoms with Crippen LogP contribution in [0.5, 0.6) is 0 Å². The third-order valence-corrected chi connectivity index (χ3v) is 4.24. The number of rotatable bonds is 4. The minimum Gasteiger partial charge on any atom is -0.388 e. The normalized spacial score (nSPS) is 14.1. The average molecular weight is 386 g/mol. The van der Waals surface area contributed by atoms with Crippen molar-refractivity contribution in [3.05, 3.63) is 62.8 Å². The highest BCUT2D eigenvalue weighted by Crippen LogP contribution is 2.35. The summed E-state index contributed by atoms with van der Waals surface area (Å²) in [5.41, 5.74) is 7.56. The van der Waals surface area contributed by atoms with Gasteiger partial charge in [0.1, 0.15) is 0 Å². The molecule has 2 unspecified atom stereocenters. The minimum atomic E-state index is -0.680. The van der Waals surface area contributed by atoms with Crippen molar-refractivity contribution in [2.45, 2.75) is 12.0 Å². The summed E-state index contributed by atoms with van der Waals surface area (Å²) in [5, 5.41) is 10.6. The molecule has 1 aromatic heterocycles. The number of benzene rings is 1. The molecule has 0 radical (unpaired) electrons. The highest BCUT2D eigenvalue weighted by molar-refractivity contribution is 9.11. The summed E-state index contributed by atoms with van der Waals surface area (Å²) in [6.45, 7) is 0.353. The summed E-state index contributed by atoms with van der Waals surface area (Å²) in [4.78, 5) is 4.08. The Labute approximate surface area is 129 Å². The Bertz CT molecular complexity index is 548. The van der Waals surface area contributed by atoms with Crippen molar-refractivity contribution in [1.82, 2.24) is 4.98 Å². The third-order valence-electron chi connectivity index (χ3n) is 3.02. The summed E-state index contributed by atoms with van der Waals surface area (Å²) in [7, 11) is 0. The summed E-state index contributed by atoms with van der Waals surface area (Å²) >= 11 is 6.88. The van der Waals surface area contributed by atoms with Gasteiger partial charge >= 0.3 is 0 Å². The van der Waals surface area contributed by atoms with Gasteiger partial charge in [0.2, 0.25) is 0 Å². The van der Waals surface area contributed by atoms with Gasteiger partial charge < -0.3 is 10.8 Å². The van der Waals surface area contributed by atoms with Gasteiger partial charge in [-0.25, -0.2) is 0 Å². The van der Waals surface area contributed by atoms with E-state index in [0.717, 1.165) is 20.1 Å². The number of nitrogens with zero attached hydrogens (tertiary/aromatic N) is 1. The van der Waals surface area contributed by atoms with Crippen LogP contribution in [0.15, 0.2) is 51.7 Å². The molecule has 19 heavy (non-hydrogen) atoms. The first-order valence-corrected chi connectivity index (χ1v) is 7.45. The van der Waals surface area contributed by atoms with E-state index < -0.39 is 6.10 Å². The van der Waals surface area contributed by atoms with Gasteiger partial charge in [0.05, 0.1) is 6.10 Å². The Balaban J connectivity index is 2.36. The van der Waals surface area contributed by atoms with Crippen LogP contribution in [0.2, 0.25) is 0 Å². The zero-order valence-corrected chi connectivity index (χ0v) is 13.3. The van der Waals surface area contributed by atoms with E-state index in [1.54, 1.807) is 12.4 Å². The van der Waals surface area contributed by atoms with E-state index in [9.17, 15) is 5.11 Å². The number of aliphatic hydroxyl groups is 1. The van der Waals surface area contributed by atoms with Crippen LogP contribution >= 0.6 is 31.9 Å². The standard InChI is InChI=1S/C14H14Br2N2O/c15-10-3-4-13(16)11(6-10)14(19)12(7-17)9-2-1-5-18-8-9/h1-6,8,12,14,19H,7,17H2. The van der Waals surface area contributed by atoms with Crippen LogP contribution in [0.3, 0.4) is 0 Å². The summed E-state index contributed by atoms with van der Waals surface area (Å²) < 4.78 is 1.79. The molecule has 0 aliphatic rings. The number of pyridine rings is 1. The first kappa shape index (κ1) is 14.7. The zero-order chi connectivity index (χ0) is 13.8. The molecule has 0 fully saturated rings. The molecule has 3 nitrogen and oxygen atoms in total. The fourth-order valence-electron chi connectivity index (χ4n) is 2.00. The third kappa shape index (κ3) is 3.42. The van der Waals surface area contributed by atoms with Gasteiger partial charge in [-0.15, -0.1) is 0 Å². The topological polar surface area (TPSA) is 59.1 Å². The fourth-order valence-corrected chi connectivity index (χ4v) is 2.86. The van der Waals surface area contributed by atoms with E-state index in [-0.39, 0.29) is 5.92 Å². The van der Waals surface area contributed by atoms with Crippen molar-refractivity contribution in [2.24, 2.45) is 5.73 Å². The Hall–Kier alpha value is -0.750. The number of hydrogen-bond acceptors (Lipinski definition) is 3. The van der Waals surface area contributed by atoms with Gasteiger partial charge in [0.15, 0.2) is 0 Å². The highest BCUT2D eigenvalue weighted by atomic mass is 79.9. The van der Waals surface area contributed by atoms with Gasteiger partial charge in [-0.1, -0.05) is 37.9 Å². The fraction of sp³-hybridized carbons (Fsp3) is 0.214. The van der Waals surface area contributed by atoms with E-state index in [1.165, 1.54) is 0 Å². The van der Waals surface area contributed by atoms with Crippen LogP contribution < -0.4 is 5.73 Å². The lowest BCUT2D eigenvalue weighted by atomic mass is 9.90. The van der Waals surface area contributed by atoms with E-state index in [1.807, 2.05) is 30.3 Å². The van der Waals surface area contributed by atoms with Gasteiger partial charge in [-0.05, 0) is 35.4 Å². The van der Waals surface area contributed by atoms with Crippen LogP contribution in [0.4, 0.5) is 0 Å². The second-order valence-corrected chi connectivity index (χ2v) is 6.01. The lowest BCUT2D eigenvalue weighted by Crippen LogP contribution is -2.20. The average Bonchev–Trinajstić information content (AvgIpc) is 2.43. The number of nitrogens with two attached hydrogens (primary N) is 1. The Morgan fingerprint density at radius 1 is 1.26 bits per heavy atom. The number of aromatic nitrogens is 1. The van der Waals surface area contributed by atoms with Crippen molar-refractivity contribution in [2.75, 3.05) is 6.54 Å². The molecule has 1 heterocycles. The molecule has 2 aromatic rings. The first-order chi connectivity index (χ1) is 9.13. The molecule has 0 bridgehead atoms. The molecule has 0 amide bonds. The molecule has 0 saturated carbocycles. The van der Waals surface area contributed by atoms with Gasteiger partial charge in [-0.3, -0.25) is 4.98 Å². The first-order valence-electron chi connectivity index (χ1n) is 5.86. The number of halogens is 2. The summed E-state index contributed by atoms with van der Waals surface area (Å²) in [6, 6.07) is 9.50. The minimum absolute atomic E-state index is 0.181. The lowest BCUT2D eigenvalue weighted by Gasteiger charge is -2.23. The van der Waals surface area contributed by atoms with Crippen molar-refractivity contribution in [3.63, 3.8) is 0 Å². The van der Waals surface area contributed by atoms with Crippen molar-refractivity contribution in [3.8, 4) is 0 Å². The Morgan fingerprint density at radius 2 is 2.05 bits per heavy atom. The predicted molar refractivity (Wildman–Crippen MR) is 82.8 cm³/mol. The maximum absolute atomic E-state index is 10.6. The van der Waals surface area contributed by atoms with E-state index in [2.05, 4.69) is 36.8 Å². The molecule has 0 spiro atoms.